The van der Waals surface area contributed by atoms with Crippen molar-refractivity contribution in [3.05, 3.63) is 0 Å². The molecule has 1 aliphatic rings. The number of nitrogens with one attached hydrogen (secondary N) is 1. The summed E-state index contributed by atoms with van der Waals surface area (Å²) >= 11 is 0. The number of rotatable bonds is 2. The first kappa shape index (κ1) is 15.2. The van der Waals surface area contributed by atoms with Crippen molar-refractivity contribution in [3.8, 4) is 0 Å². The fourth-order valence-electron chi connectivity index (χ4n) is 1.73. The molecule has 0 bridgehead atoms. The molecule has 1 rings (SSSR count). The van der Waals surface area contributed by atoms with Crippen molar-refractivity contribution in [2.75, 3.05) is 13.1 Å². The van der Waals surface area contributed by atoms with Crippen LogP contribution in [-0.2, 0) is 9.59 Å². The quantitative estimate of drug-likeness (QED) is 0.717. The van der Waals surface area contributed by atoms with Crippen LogP contribution < -0.4 is 11.1 Å². The topological polar surface area (TPSA) is 75.4 Å². The molecule has 1 fully saturated rings. The molecule has 6 heteroatoms. The van der Waals surface area contributed by atoms with E-state index in [1.54, 1.807) is 0 Å². The largest absolute Gasteiger partial charge is 0.348 e. The highest BCUT2D eigenvalue weighted by atomic mass is 35.5. The summed E-state index contributed by atoms with van der Waals surface area (Å²) < 4.78 is 0. The predicted molar refractivity (Wildman–Crippen MR) is 64.3 cm³/mol. The van der Waals surface area contributed by atoms with Gasteiger partial charge in [-0.3, -0.25) is 9.59 Å². The maximum atomic E-state index is 11.8. The summed E-state index contributed by atoms with van der Waals surface area (Å²) in [5, 5.41) is 2.82. The van der Waals surface area contributed by atoms with Gasteiger partial charge in [0.25, 0.3) is 0 Å². The summed E-state index contributed by atoms with van der Waals surface area (Å²) in [5.74, 6) is -0.261. The molecule has 2 amide bonds. The van der Waals surface area contributed by atoms with Crippen LogP contribution in [0.3, 0.4) is 0 Å². The third-order valence-electron chi connectivity index (χ3n) is 2.47. The number of nitrogens with two attached hydrogens (primary N) is 1. The molecule has 0 aromatic rings. The van der Waals surface area contributed by atoms with E-state index >= 15 is 0 Å². The van der Waals surface area contributed by atoms with Crippen molar-refractivity contribution in [1.29, 1.82) is 0 Å². The molecule has 94 valence electrons. The molecule has 0 radical (unpaired) electrons. The fraction of sp³-hybridized carbons (Fsp3) is 0.800. The Kier molecular flexibility index (Phi) is 5.22. The second-order valence-corrected chi connectivity index (χ2v) is 4.64. The van der Waals surface area contributed by atoms with Crippen molar-refractivity contribution < 1.29 is 9.59 Å². The number of halogens is 1. The Labute approximate surface area is 102 Å². The van der Waals surface area contributed by atoms with E-state index in [9.17, 15) is 9.59 Å². The molecule has 16 heavy (non-hydrogen) atoms. The third kappa shape index (κ3) is 3.64. The van der Waals surface area contributed by atoms with Gasteiger partial charge in [0.15, 0.2) is 0 Å². The normalized spacial score (nSPS) is 20.8. The van der Waals surface area contributed by atoms with Gasteiger partial charge in [0.2, 0.25) is 11.8 Å². The van der Waals surface area contributed by atoms with Crippen LogP contribution in [0.4, 0.5) is 0 Å². The van der Waals surface area contributed by atoms with E-state index in [2.05, 4.69) is 5.32 Å². The molecule has 0 spiro atoms. The van der Waals surface area contributed by atoms with E-state index in [1.807, 2.05) is 20.8 Å². The Morgan fingerprint density at radius 3 is 2.62 bits per heavy atom. The Hall–Kier alpha value is -0.810. The molecule has 1 aliphatic heterocycles. The van der Waals surface area contributed by atoms with E-state index in [-0.39, 0.29) is 36.3 Å². The molecule has 0 aliphatic carbocycles. The van der Waals surface area contributed by atoms with Gasteiger partial charge in [-0.1, -0.05) is 6.92 Å². The minimum atomic E-state index is -0.494. The van der Waals surface area contributed by atoms with Crippen molar-refractivity contribution in [2.24, 2.45) is 5.73 Å². The van der Waals surface area contributed by atoms with Crippen molar-refractivity contribution in [3.63, 3.8) is 0 Å². The zero-order valence-electron chi connectivity index (χ0n) is 9.95. The molecule has 0 aromatic heterocycles. The number of carbonyl (C=O) groups excluding carboxylic acids is 2. The van der Waals surface area contributed by atoms with Crippen LogP contribution in [0.2, 0.25) is 0 Å². The molecule has 3 N–H and O–H groups in total. The monoisotopic (exact) mass is 249 g/mol. The standard InChI is InChI=1S/C10H19N3O2.ClH/c1-4-7(11)9(15)13-5-8(14)12-10(2,3)6-13;/h7H,4-6,11H2,1-3H3,(H,12,14);1H/t7-;/m0./s1. The second kappa shape index (κ2) is 5.50. The second-order valence-electron chi connectivity index (χ2n) is 4.64. The zero-order chi connectivity index (χ0) is 11.6. The lowest BCUT2D eigenvalue weighted by atomic mass is 10.0. The third-order valence-corrected chi connectivity index (χ3v) is 2.47. The summed E-state index contributed by atoms with van der Waals surface area (Å²) in [6.07, 6.45) is 0.595. The molecular weight excluding hydrogens is 230 g/mol. The Balaban J connectivity index is 0.00000225. The molecular formula is C10H20ClN3O2. The van der Waals surface area contributed by atoms with Crippen LogP contribution in [-0.4, -0.2) is 41.4 Å². The predicted octanol–water partition coefficient (Wildman–Crippen LogP) is -0.117. The fourth-order valence-corrected chi connectivity index (χ4v) is 1.73. The van der Waals surface area contributed by atoms with Gasteiger partial charge >= 0.3 is 0 Å². The van der Waals surface area contributed by atoms with Crippen LogP contribution in [0, 0.1) is 0 Å². The summed E-state index contributed by atoms with van der Waals surface area (Å²) in [4.78, 5) is 24.7. The van der Waals surface area contributed by atoms with Gasteiger partial charge in [0.1, 0.15) is 0 Å². The summed E-state index contributed by atoms with van der Waals surface area (Å²) in [5.41, 5.74) is 5.30. The van der Waals surface area contributed by atoms with Gasteiger partial charge in [-0.2, -0.15) is 0 Å². The van der Waals surface area contributed by atoms with Gasteiger partial charge in [-0.05, 0) is 20.3 Å². The average Bonchev–Trinajstić information content (AvgIpc) is 2.12. The summed E-state index contributed by atoms with van der Waals surface area (Å²) in [6.45, 7) is 6.28. The van der Waals surface area contributed by atoms with Crippen LogP contribution in [0.15, 0.2) is 0 Å². The average molecular weight is 250 g/mol. The molecule has 1 saturated heterocycles. The molecule has 5 nitrogen and oxygen atoms in total. The maximum Gasteiger partial charge on any atom is 0.240 e. The summed E-state index contributed by atoms with van der Waals surface area (Å²) in [7, 11) is 0. The Bertz CT molecular complexity index is 281. The SMILES string of the molecule is CC[C@H](N)C(=O)N1CC(=O)NC(C)(C)C1.Cl. The van der Waals surface area contributed by atoms with E-state index in [4.69, 9.17) is 5.73 Å². The van der Waals surface area contributed by atoms with Gasteiger partial charge in [-0.25, -0.2) is 0 Å². The first-order valence-corrected chi connectivity index (χ1v) is 5.21. The highest BCUT2D eigenvalue weighted by Crippen LogP contribution is 2.12. The van der Waals surface area contributed by atoms with Crippen LogP contribution >= 0.6 is 12.4 Å². The van der Waals surface area contributed by atoms with Crippen molar-refractivity contribution in [1.82, 2.24) is 10.2 Å². The van der Waals surface area contributed by atoms with Crippen LogP contribution in [0.1, 0.15) is 27.2 Å². The van der Waals surface area contributed by atoms with Gasteiger partial charge in [-0.15, -0.1) is 12.4 Å². The lowest BCUT2D eigenvalue weighted by Gasteiger charge is -2.39. The lowest BCUT2D eigenvalue weighted by molar-refractivity contribution is -0.142. The number of nitrogens with zero attached hydrogens (tertiary/aromatic N) is 1. The number of amides is 2. The Morgan fingerprint density at radius 2 is 2.19 bits per heavy atom. The van der Waals surface area contributed by atoms with Crippen LogP contribution in [0.25, 0.3) is 0 Å². The van der Waals surface area contributed by atoms with Gasteiger partial charge in [0, 0.05) is 6.54 Å². The first-order valence-electron chi connectivity index (χ1n) is 5.21. The number of hydrogen-bond acceptors (Lipinski definition) is 3. The lowest BCUT2D eigenvalue weighted by Crippen LogP contribution is -2.63. The highest BCUT2D eigenvalue weighted by molar-refractivity contribution is 5.89. The first-order chi connectivity index (χ1) is 6.85. The Morgan fingerprint density at radius 1 is 1.62 bits per heavy atom. The molecule has 0 unspecified atom stereocenters. The highest BCUT2D eigenvalue weighted by Gasteiger charge is 2.34. The van der Waals surface area contributed by atoms with Crippen LogP contribution in [0.5, 0.6) is 0 Å². The minimum absolute atomic E-state index is 0. The van der Waals surface area contributed by atoms with Crippen molar-refractivity contribution >= 4 is 24.2 Å². The smallest absolute Gasteiger partial charge is 0.240 e. The minimum Gasteiger partial charge on any atom is -0.348 e. The van der Waals surface area contributed by atoms with E-state index in [0.29, 0.717) is 13.0 Å². The molecule has 0 saturated carbocycles. The van der Waals surface area contributed by atoms with Gasteiger partial charge in [0.05, 0.1) is 18.1 Å². The summed E-state index contributed by atoms with van der Waals surface area (Å²) in [6, 6.07) is -0.494. The number of piperazine rings is 1. The van der Waals surface area contributed by atoms with Gasteiger partial charge < -0.3 is 16.0 Å². The molecule has 1 heterocycles. The van der Waals surface area contributed by atoms with E-state index in [1.165, 1.54) is 4.90 Å². The number of carbonyl (C=O) groups is 2. The van der Waals surface area contributed by atoms with E-state index < -0.39 is 6.04 Å². The van der Waals surface area contributed by atoms with Crippen molar-refractivity contribution in [2.45, 2.75) is 38.8 Å². The molecule has 0 aromatic carbocycles. The van der Waals surface area contributed by atoms with E-state index in [0.717, 1.165) is 0 Å². The maximum absolute atomic E-state index is 11.8. The molecule has 1 atom stereocenters. The zero-order valence-corrected chi connectivity index (χ0v) is 10.8. The number of hydrogen-bond donors (Lipinski definition) is 2.